The number of rotatable bonds is 2. The number of pyridine rings is 1. The third-order valence-electron chi connectivity index (χ3n) is 4.72. The fourth-order valence-corrected chi connectivity index (χ4v) is 4.17. The molecule has 1 aliphatic carbocycles. The van der Waals surface area contributed by atoms with Gasteiger partial charge >= 0.3 is 0 Å². The van der Waals surface area contributed by atoms with E-state index in [0.29, 0.717) is 0 Å². The van der Waals surface area contributed by atoms with Crippen molar-refractivity contribution in [3.05, 3.63) is 29.3 Å². The number of Topliss-reactive ketones (excluding diaryl/α,β-unsaturated/α-hetero) is 1. The largest absolute Gasteiger partial charge is 0.375 e. The summed E-state index contributed by atoms with van der Waals surface area (Å²) in [6, 6.07) is 3.99. The number of carbonyl (C=O) groups is 1. The molecule has 1 saturated carbocycles. The monoisotopic (exact) mass is 287 g/mol. The molecule has 0 radical (unpaired) electrons. The van der Waals surface area contributed by atoms with Gasteiger partial charge in [0.1, 0.15) is 0 Å². The SMILES string of the molecule is O=C(c1cnc2ccsc2c1)C1CCOC2(CCC2)C1. The van der Waals surface area contributed by atoms with Crippen molar-refractivity contribution in [1.82, 2.24) is 4.98 Å². The zero-order valence-corrected chi connectivity index (χ0v) is 12.1. The molecule has 1 saturated heterocycles. The molecule has 2 aliphatic rings. The van der Waals surface area contributed by atoms with E-state index in [1.54, 1.807) is 17.5 Å². The topological polar surface area (TPSA) is 39.2 Å². The molecular formula is C16H17NO2S. The first-order valence-electron chi connectivity index (χ1n) is 7.27. The number of fused-ring (bicyclic) bond motifs is 1. The summed E-state index contributed by atoms with van der Waals surface area (Å²) in [5.41, 5.74) is 1.77. The van der Waals surface area contributed by atoms with E-state index in [1.807, 2.05) is 17.5 Å². The Bertz CT molecular complexity index is 659. The lowest BCUT2D eigenvalue weighted by Gasteiger charge is -2.46. The first-order valence-corrected chi connectivity index (χ1v) is 8.15. The lowest BCUT2D eigenvalue weighted by atomic mass is 9.70. The summed E-state index contributed by atoms with van der Waals surface area (Å²) in [7, 11) is 0. The molecule has 104 valence electrons. The molecule has 2 aromatic heterocycles. The van der Waals surface area contributed by atoms with Gasteiger partial charge in [0.25, 0.3) is 0 Å². The molecule has 4 rings (SSSR count). The Morgan fingerprint density at radius 3 is 3.15 bits per heavy atom. The number of nitrogens with zero attached hydrogens (tertiary/aromatic N) is 1. The lowest BCUT2D eigenvalue weighted by molar-refractivity contribution is -0.137. The van der Waals surface area contributed by atoms with Gasteiger partial charge in [0.05, 0.1) is 15.8 Å². The van der Waals surface area contributed by atoms with Gasteiger partial charge in [-0.2, -0.15) is 0 Å². The molecule has 1 aliphatic heterocycles. The summed E-state index contributed by atoms with van der Waals surface area (Å²) < 4.78 is 7.01. The summed E-state index contributed by atoms with van der Waals surface area (Å²) >= 11 is 1.64. The highest BCUT2D eigenvalue weighted by Gasteiger charge is 2.44. The average Bonchev–Trinajstić information content (AvgIpc) is 2.92. The van der Waals surface area contributed by atoms with Crippen LogP contribution in [0.4, 0.5) is 0 Å². The zero-order chi connectivity index (χ0) is 13.6. The fraction of sp³-hybridized carbons (Fsp3) is 0.500. The minimum absolute atomic E-state index is 0.0268. The van der Waals surface area contributed by atoms with E-state index in [9.17, 15) is 4.79 Å². The quantitative estimate of drug-likeness (QED) is 0.788. The fourth-order valence-electron chi connectivity index (χ4n) is 3.39. The van der Waals surface area contributed by atoms with Crippen LogP contribution < -0.4 is 0 Å². The van der Waals surface area contributed by atoms with Crippen molar-refractivity contribution >= 4 is 27.3 Å². The van der Waals surface area contributed by atoms with Gasteiger partial charge in [-0.25, -0.2) is 0 Å². The number of thiophene rings is 1. The Balaban J connectivity index is 1.59. The van der Waals surface area contributed by atoms with Gasteiger partial charge in [-0.15, -0.1) is 11.3 Å². The standard InChI is InChI=1S/C16H17NO2S/c18-15(11-2-6-19-16(9-11)4-1-5-16)12-8-14-13(17-10-12)3-7-20-14/h3,7-8,10-11H,1-2,4-6,9H2. The molecule has 4 heteroatoms. The first-order chi connectivity index (χ1) is 9.76. The van der Waals surface area contributed by atoms with Gasteiger partial charge in [-0.05, 0) is 49.6 Å². The predicted molar refractivity (Wildman–Crippen MR) is 79.2 cm³/mol. The van der Waals surface area contributed by atoms with E-state index >= 15 is 0 Å². The molecule has 0 bridgehead atoms. The first kappa shape index (κ1) is 12.5. The van der Waals surface area contributed by atoms with Crippen molar-refractivity contribution in [2.24, 2.45) is 5.92 Å². The second kappa shape index (κ2) is 4.64. The van der Waals surface area contributed by atoms with Crippen LogP contribution in [0, 0.1) is 5.92 Å². The van der Waals surface area contributed by atoms with E-state index in [4.69, 9.17) is 4.74 Å². The van der Waals surface area contributed by atoms with Crippen LogP contribution >= 0.6 is 11.3 Å². The van der Waals surface area contributed by atoms with Crippen molar-refractivity contribution in [1.29, 1.82) is 0 Å². The second-order valence-electron chi connectivity index (χ2n) is 5.97. The molecule has 3 nitrogen and oxygen atoms in total. The maximum absolute atomic E-state index is 12.7. The van der Waals surface area contributed by atoms with E-state index in [-0.39, 0.29) is 17.3 Å². The predicted octanol–water partition coefficient (Wildman–Crippen LogP) is 3.83. The zero-order valence-electron chi connectivity index (χ0n) is 11.3. The number of ether oxygens (including phenoxy) is 1. The summed E-state index contributed by atoms with van der Waals surface area (Å²) in [5, 5.41) is 2.02. The summed E-state index contributed by atoms with van der Waals surface area (Å²) in [6.45, 7) is 0.727. The molecular weight excluding hydrogens is 270 g/mol. The lowest BCUT2D eigenvalue weighted by Crippen LogP contribution is -2.47. The number of hydrogen-bond acceptors (Lipinski definition) is 4. The third kappa shape index (κ3) is 1.98. The number of ketones is 1. The van der Waals surface area contributed by atoms with E-state index in [1.165, 1.54) is 6.42 Å². The van der Waals surface area contributed by atoms with Crippen LogP contribution in [0.3, 0.4) is 0 Å². The molecule has 1 spiro atoms. The Labute approximate surface area is 122 Å². The van der Waals surface area contributed by atoms with Crippen LogP contribution in [0.15, 0.2) is 23.7 Å². The normalized spacial score (nSPS) is 24.7. The highest BCUT2D eigenvalue weighted by atomic mass is 32.1. The van der Waals surface area contributed by atoms with E-state index in [0.717, 1.165) is 48.1 Å². The van der Waals surface area contributed by atoms with E-state index < -0.39 is 0 Å². The molecule has 0 amide bonds. The Morgan fingerprint density at radius 1 is 1.45 bits per heavy atom. The van der Waals surface area contributed by atoms with Crippen LogP contribution in [0.2, 0.25) is 0 Å². The maximum Gasteiger partial charge on any atom is 0.167 e. The molecule has 3 heterocycles. The second-order valence-corrected chi connectivity index (χ2v) is 6.91. The number of carbonyl (C=O) groups excluding carboxylic acids is 1. The highest BCUT2D eigenvalue weighted by molar-refractivity contribution is 7.17. The summed E-state index contributed by atoms with van der Waals surface area (Å²) in [4.78, 5) is 17.1. The Morgan fingerprint density at radius 2 is 2.35 bits per heavy atom. The van der Waals surface area contributed by atoms with Crippen molar-refractivity contribution in [2.75, 3.05) is 6.61 Å². The van der Waals surface area contributed by atoms with Crippen molar-refractivity contribution in [3.8, 4) is 0 Å². The molecule has 20 heavy (non-hydrogen) atoms. The Kier molecular flexibility index (Phi) is 2.89. The molecule has 1 unspecified atom stereocenters. The van der Waals surface area contributed by atoms with Crippen LogP contribution in [-0.2, 0) is 4.74 Å². The molecule has 2 fully saturated rings. The van der Waals surface area contributed by atoms with Gasteiger partial charge in [0.15, 0.2) is 5.78 Å². The van der Waals surface area contributed by atoms with Gasteiger partial charge in [-0.3, -0.25) is 9.78 Å². The summed E-state index contributed by atoms with van der Waals surface area (Å²) in [5.74, 6) is 0.366. The highest BCUT2D eigenvalue weighted by Crippen LogP contribution is 2.44. The summed E-state index contributed by atoms with van der Waals surface area (Å²) in [6.07, 6.45) is 6.97. The van der Waals surface area contributed by atoms with Crippen molar-refractivity contribution in [3.63, 3.8) is 0 Å². The van der Waals surface area contributed by atoms with Gasteiger partial charge in [-0.1, -0.05) is 0 Å². The van der Waals surface area contributed by atoms with Gasteiger partial charge in [0, 0.05) is 24.3 Å². The van der Waals surface area contributed by atoms with E-state index in [2.05, 4.69) is 4.98 Å². The van der Waals surface area contributed by atoms with Crippen molar-refractivity contribution < 1.29 is 9.53 Å². The minimum atomic E-state index is 0.0268. The molecule has 1 atom stereocenters. The van der Waals surface area contributed by atoms with Crippen molar-refractivity contribution in [2.45, 2.75) is 37.7 Å². The van der Waals surface area contributed by atoms with Gasteiger partial charge < -0.3 is 4.74 Å². The molecule has 0 aromatic carbocycles. The molecule has 0 N–H and O–H groups in total. The third-order valence-corrected chi connectivity index (χ3v) is 5.57. The smallest absolute Gasteiger partial charge is 0.167 e. The van der Waals surface area contributed by atoms with Gasteiger partial charge in [0.2, 0.25) is 0 Å². The van der Waals surface area contributed by atoms with Crippen LogP contribution in [0.25, 0.3) is 10.2 Å². The maximum atomic E-state index is 12.7. The average molecular weight is 287 g/mol. The van der Waals surface area contributed by atoms with Crippen LogP contribution in [-0.4, -0.2) is 23.0 Å². The Hall–Kier alpha value is -1.26. The van der Waals surface area contributed by atoms with Crippen LogP contribution in [0.5, 0.6) is 0 Å². The minimum Gasteiger partial charge on any atom is -0.375 e. The van der Waals surface area contributed by atoms with Crippen LogP contribution in [0.1, 0.15) is 42.5 Å². The molecule has 2 aromatic rings. The number of aromatic nitrogens is 1. The number of hydrogen-bond donors (Lipinski definition) is 0.